The Morgan fingerprint density at radius 3 is 1.96 bits per heavy atom. The lowest BCUT2D eigenvalue weighted by atomic mass is 10.1. The number of ether oxygens (including phenoxy) is 1. The summed E-state index contributed by atoms with van der Waals surface area (Å²) >= 11 is 0. The molecule has 2 rings (SSSR count). The molecule has 0 saturated heterocycles. The van der Waals surface area contributed by atoms with Gasteiger partial charge in [-0.05, 0) is 42.7 Å². The Morgan fingerprint density at radius 2 is 1.54 bits per heavy atom. The minimum absolute atomic E-state index is 0.347. The highest BCUT2D eigenvalue weighted by atomic mass is 16.5. The third kappa shape index (κ3) is 9.17. The summed E-state index contributed by atoms with van der Waals surface area (Å²) in [5.41, 5.74) is 4.38. The first-order chi connectivity index (χ1) is 13.5. The lowest BCUT2D eigenvalue weighted by Crippen LogP contribution is -1.98. The Hall–Kier alpha value is -3.64. The quantitative estimate of drug-likeness (QED) is 0.281. The molecule has 3 heteroatoms. The zero-order chi connectivity index (χ0) is 20.8. The van der Waals surface area contributed by atoms with E-state index in [1.165, 1.54) is 7.11 Å². The summed E-state index contributed by atoms with van der Waals surface area (Å²) in [4.78, 5) is 10.2. The summed E-state index contributed by atoms with van der Waals surface area (Å²) in [6, 6.07) is 22.4. The van der Waals surface area contributed by atoms with Crippen LogP contribution in [0.25, 0.3) is 12.2 Å². The van der Waals surface area contributed by atoms with Crippen LogP contribution in [0.2, 0.25) is 0 Å². The average Bonchev–Trinajstić information content (AvgIpc) is 2.73. The van der Waals surface area contributed by atoms with Gasteiger partial charge in [0.25, 0.3) is 0 Å². The van der Waals surface area contributed by atoms with Gasteiger partial charge >= 0.3 is 5.97 Å². The number of carbonyl (C=O) groups excluding carboxylic acids is 1. The SMILES string of the molecule is C=C(C)C(=O)OC.CC(C#N)=CC(C=Cc1ccccc1)=Cc1ccccc1. The number of esters is 1. The molecule has 0 spiro atoms. The molecule has 0 atom stereocenters. The van der Waals surface area contributed by atoms with E-state index in [1.807, 2.05) is 67.6 Å². The van der Waals surface area contributed by atoms with E-state index in [-0.39, 0.29) is 5.97 Å². The summed E-state index contributed by atoms with van der Waals surface area (Å²) < 4.78 is 4.27. The van der Waals surface area contributed by atoms with Crippen molar-refractivity contribution in [3.63, 3.8) is 0 Å². The summed E-state index contributed by atoms with van der Waals surface area (Å²) in [5.74, 6) is -0.347. The largest absolute Gasteiger partial charge is 0.466 e. The highest BCUT2D eigenvalue weighted by Crippen LogP contribution is 2.13. The van der Waals surface area contributed by atoms with Gasteiger partial charge in [0.15, 0.2) is 0 Å². The lowest BCUT2D eigenvalue weighted by molar-refractivity contribution is -0.136. The van der Waals surface area contributed by atoms with Crippen molar-refractivity contribution in [1.29, 1.82) is 5.26 Å². The summed E-state index contributed by atoms with van der Waals surface area (Å²) in [6.45, 7) is 6.77. The Labute approximate surface area is 167 Å². The van der Waals surface area contributed by atoms with Crippen LogP contribution >= 0.6 is 0 Å². The molecule has 0 saturated carbocycles. The summed E-state index contributed by atoms with van der Waals surface area (Å²) in [7, 11) is 1.33. The second kappa shape index (κ2) is 12.7. The van der Waals surface area contributed by atoms with Crippen molar-refractivity contribution in [3.8, 4) is 6.07 Å². The van der Waals surface area contributed by atoms with Gasteiger partial charge in [-0.2, -0.15) is 5.26 Å². The van der Waals surface area contributed by atoms with Crippen LogP contribution in [-0.2, 0) is 9.53 Å². The zero-order valence-electron chi connectivity index (χ0n) is 16.6. The van der Waals surface area contributed by atoms with Crippen molar-refractivity contribution in [2.45, 2.75) is 13.8 Å². The molecule has 0 unspecified atom stereocenters. The molecular formula is C25H25NO2. The topological polar surface area (TPSA) is 50.1 Å². The number of allylic oxidation sites excluding steroid dienone is 4. The first-order valence-corrected chi connectivity index (χ1v) is 8.78. The number of rotatable bonds is 5. The smallest absolute Gasteiger partial charge is 0.332 e. The van der Waals surface area contributed by atoms with E-state index in [9.17, 15) is 4.79 Å². The normalized spacial score (nSPS) is 11.2. The molecule has 0 N–H and O–H groups in total. The molecule has 2 aromatic rings. The van der Waals surface area contributed by atoms with E-state index < -0.39 is 0 Å². The van der Waals surface area contributed by atoms with Crippen molar-refractivity contribution in [3.05, 3.63) is 107 Å². The molecule has 3 nitrogen and oxygen atoms in total. The number of nitriles is 1. The third-order valence-corrected chi connectivity index (χ3v) is 3.49. The molecule has 142 valence electrons. The average molecular weight is 371 g/mol. The maximum absolute atomic E-state index is 10.2. The second-order valence-electron chi connectivity index (χ2n) is 6.01. The summed E-state index contributed by atoms with van der Waals surface area (Å²) in [5, 5.41) is 8.97. The van der Waals surface area contributed by atoms with Gasteiger partial charge in [-0.1, -0.05) is 79.4 Å². The van der Waals surface area contributed by atoms with Crippen LogP contribution in [0.4, 0.5) is 0 Å². The Kier molecular flexibility index (Phi) is 10.1. The highest BCUT2D eigenvalue weighted by molar-refractivity contribution is 5.86. The Morgan fingerprint density at radius 1 is 1.00 bits per heavy atom. The van der Waals surface area contributed by atoms with Crippen molar-refractivity contribution < 1.29 is 9.53 Å². The fourth-order valence-electron chi connectivity index (χ4n) is 2.09. The first kappa shape index (κ1) is 22.4. The van der Waals surface area contributed by atoms with Gasteiger partial charge < -0.3 is 4.74 Å². The molecular weight excluding hydrogens is 346 g/mol. The molecule has 0 aromatic heterocycles. The van der Waals surface area contributed by atoms with Gasteiger partial charge in [0.05, 0.1) is 13.2 Å². The van der Waals surface area contributed by atoms with Crippen molar-refractivity contribution >= 4 is 18.1 Å². The molecule has 0 bridgehead atoms. The molecule has 0 aliphatic rings. The lowest BCUT2D eigenvalue weighted by Gasteiger charge is -1.98. The highest BCUT2D eigenvalue weighted by Gasteiger charge is 1.95. The fraction of sp³-hybridized carbons (Fsp3) is 0.120. The summed E-state index contributed by atoms with van der Waals surface area (Å²) in [6.07, 6.45) is 8.05. The second-order valence-corrected chi connectivity index (χ2v) is 6.01. The van der Waals surface area contributed by atoms with Crippen molar-refractivity contribution in [2.75, 3.05) is 7.11 Å². The number of carbonyl (C=O) groups is 1. The fourth-order valence-corrected chi connectivity index (χ4v) is 2.09. The van der Waals surface area contributed by atoms with Crippen LogP contribution in [0.1, 0.15) is 25.0 Å². The van der Waals surface area contributed by atoms with Gasteiger partial charge in [0.1, 0.15) is 0 Å². The van der Waals surface area contributed by atoms with E-state index in [2.05, 4.69) is 41.7 Å². The molecule has 0 fully saturated rings. The standard InChI is InChI=1S/C20H17N.C5H8O2/c1-17(16-21)14-20(15-19-10-6-3-7-11-19)13-12-18-8-4-2-5-9-18;1-4(2)5(6)7-3/h2-15H,1H3;1H2,2-3H3. The monoisotopic (exact) mass is 371 g/mol. The maximum Gasteiger partial charge on any atom is 0.332 e. The third-order valence-electron chi connectivity index (χ3n) is 3.49. The number of methoxy groups -OCH3 is 1. The molecule has 0 heterocycles. The van der Waals surface area contributed by atoms with E-state index >= 15 is 0 Å². The predicted molar refractivity (Wildman–Crippen MR) is 116 cm³/mol. The predicted octanol–water partition coefficient (Wildman–Crippen LogP) is 5.99. The van der Waals surface area contributed by atoms with Gasteiger partial charge in [0.2, 0.25) is 0 Å². The van der Waals surface area contributed by atoms with Crippen LogP contribution in [0.3, 0.4) is 0 Å². The van der Waals surface area contributed by atoms with Crippen LogP contribution in [0.15, 0.2) is 96.1 Å². The molecule has 28 heavy (non-hydrogen) atoms. The van der Waals surface area contributed by atoms with E-state index in [0.29, 0.717) is 11.1 Å². The van der Waals surface area contributed by atoms with Crippen molar-refractivity contribution in [2.24, 2.45) is 0 Å². The van der Waals surface area contributed by atoms with E-state index in [1.54, 1.807) is 6.92 Å². The number of nitrogens with zero attached hydrogens (tertiary/aromatic N) is 1. The van der Waals surface area contributed by atoms with Gasteiger partial charge in [-0.3, -0.25) is 0 Å². The van der Waals surface area contributed by atoms with Crippen LogP contribution < -0.4 is 0 Å². The minimum Gasteiger partial charge on any atom is -0.466 e. The van der Waals surface area contributed by atoms with E-state index in [4.69, 9.17) is 5.26 Å². The Balaban J connectivity index is 0.000000480. The molecule has 0 amide bonds. The number of benzene rings is 2. The van der Waals surface area contributed by atoms with Gasteiger partial charge in [0, 0.05) is 11.1 Å². The number of hydrogen-bond donors (Lipinski definition) is 0. The molecule has 0 aliphatic carbocycles. The van der Waals surface area contributed by atoms with Crippen molar-refractivity contribution in [1.82, 2.24) is 0 Å². The van der Waals surface area contributed by atoms with Crippen LogP contribution in [0, 0.1) is 11.3 Å². The molecule has 2 aromatic carbocycles. The zero-order valence-corrected chi connectivity index (χ0v) is 16.6. The first-order valence-electron chi connectivity index (χ1n) is 8.78. The Bertz CT molecular complexity index is 899. The van der Waals surface area contributed by atoms with Gasteiger partial charge in [-0.15, -0.1) is 0 Å². The van der Waals surface area contributed by atoms with Crippen LogP contribution in [-0.4, -0.2) is 13.1 Å². The number of hydrogen-bond acceptors (Lipinski definition) is 3. The minimum atomic E-state index is -0.347. The van der Waals surface area contributed by atoms with Crippen LogP contribution in [0.5, 0.6) is 0 Å². The molecule has 0 radical (unpaired) electrons. The maximum atomic E-state index is 10.2. The van der Waals surface area contributed by atoms with Gasteiger partial charge in [-0.25, -0.2) is 4.79 Å². The van der Waals surface area contributed by atoms with E-state index in [0.717, 1.165) is 16.7 Å². The molecule has 0 aliphatic heterocycles.